The van der Waals surface area contributed by atoms with Gasteiger partial charge in [-0.25, -0.2) is 9.97 Å². The van der Waals surface area contributed by atoms with Crippen molar-refractivity contribution >= 4 is 28.4 Å². The zero-order valence-corrected chi connectivity index (χ0v) is 12.2. The Morgan fingerprint density at radius 2 is 2.19 bits per heavy atom. The molecular formula is C15H14ClN3O2. The summed E-state index contributed by atoms with van der Waals surface area (Å²) in [6.07, 6.45) is 3.89. The van der Waals surface area contributed by atoms with Crippen LogP contribution in [0.25, 0.3) is 11.0 Å². The van der Waals surface area contributed by atoms with Gasteiger partial charge < -0.3 is 14.5 Å². The van der Waals surface area contributed by atoms with Crippen LogP contribution in [-0.4, -0.2) is 23.6 Å². The molecule has 0 fully saturated rings. The van der Waals surface area contributed by atoms with E-state index in [0.717, 1.165) is 28.7 Å². The Labute approximate surface area is 126 Å². The number of rotatable bonds is 5. The second-order valence-electron chi connectivity index (χ2n) is 4.53. The van der Waals surface area contributed by atoms with Crippen molar-refractivity contribution in [1.82, 2.24) is 9.97 Å². The largest absolute Gasteiger partial charge is 0.496 e. The van der Waals surface area contributed by atoms with Crippen LogP contribution < -0.4 is 10.1 Å². The molecule has 3 aromatic rings. The number of anilines is 1. The summed E-state index contributed by atoms with van der Waals surface area (Å²) in [6.45, 7) is 0.704. The molecule has 2 aromatic heterocycles. The Bertz CT molecular complexity index is 758. The maximum atomic E-state index is 5.82. The number of methoxy groups -OCH3 is 1. The first-order valence-corrected chi connectivity index (χ1v) is 6.89. The maximum absolute atomic E-state index is 5.82. The molecule has 21 heavy (non-hydrogen) atoms. The Morgan fingerprint density at radius 1 is 1.29 bits per heavy atom. The number of furan rings is 1. The van der Waals surface area contributed by atoms with Gasteiger partial charge in [0.2, 0.25) is 0 Å². The molecule has 2 heterocycles. The minimum Gasteiger partial charge on any atom is -0.496 e. The van der Waals surface area contributed by atoms with E-state index in [-0.39, 0.29) is 0 Å². The Kier molecular flexibility index (Phi) is 3.92. The second kappa shape index (κ2) is 6.01. The van der Waals surface area contributed by atoms with Crippen LogP contribution in [-0.2, 0) is 6.42 Å². The fourth-order valence-electron chi connectivity index (χ4n) is 2.17. The summed E-state index contributed by atoms with van der Waals surface area (Å²) in [6, 6.07) is 7.59. The first-order chi connectivity index (χ1) is 10.3. The van der Waals surface area contributed by atoms with Gasteiger partial charge in [0, 0.05) is 18.0 Å². The van der Waals surface area contributed by atoms with Gasteiger partial charge in [0.1, 0.15) is 28.6 Å². The zero-order chi connectivity index (χ0) is 14.7. The Hall–Kier alpha value is -2.27. The summed E-state index contributed by atoms with van der Waals surface area (Å²) in [5.41, 5.74) is 1.93. The quantitative estimate of drug-likeness (QED) is 0.731. The van der Waals surface area contributed by atoms with E-state index in [1.165, 1.54) is 6.33 Å². The molecule has 0 radical (unpaired) electrons. The Balaban J connectivity index is 1.72. The Morgan fingerprint density at radius 3 is 3.00 bits per heavy atom. The number of aromatic nitrogens is 2. The molecule has 0 bridgehead atoms. The summed E-state index contributed by atoms with van der Waals surface area (Å²) in [7, 11) is 1.67. The molecular weight excluding hydrogens is 290 g/mol. The van der Waals surface area contributed by atoms with Crippen LogP contribution in [0, 0.1) is 0 Å². The highest BCUT2D eigenvalue weighted by molar-refractivity contribution is 6.29. The zero-order valence-electron chi connectivity index (χ0n) is 11.5. The van der Waals surface area contributed by atoms with E-state index in [1.807, 2.05) is 18.2 Å². The number of hydrogen-bond acceptors (Lipinski definition) is 5. The van der Waals surface area contributed by atoms with Crippen LogP contribution in [0.4, 0.5) is 5.82 Å². The third-order valence-corrected chi connectivity index (χ3v) is 3.40. The van der Waals surface area contributed by atoms with Crippen LogP contribution in [0.1, 0.15) is 5.56 Å². The topological polar surface area (TPSA) is 60.2 Å². The van der Waals surface area contributed by atoms with E-state index in [2.05, 4.69) is 15.3 Å². The van der Waals surface area contributed by atoms with Gasteiger partial charge in [0.05, 0.1) is 13.4 Å². The summed E-state index contributed by atoms with van der Waals surface area (Å²) in [5.74, 6) is 1.56. The minimum atomic E-state index is 0.419. The highest BCUT2D eigenvalue weighted by Gasteiger charge is 2.07. The molecule has 3 rings (SSSR count). The average molecular weight is 304 g/mol. The van der Waals surface area contributed by atoms with Gasteiger partial charge in [-0.05, 0) is 30.2 Å². The van der Waals surface area contributed by atoms with E-state index >= 15 is 0 Å². The summed E-state index contributed by atoms with van der Waals surface area (Å²) in [5, 5.41) is 4.66. The first kappa shape index (κ1) is 13.7. The first-order valence-electron chi connectivity index (χ1n) is 6.52. The number of nitrogens with zero attached hydrogens (tertiary/aromatic N) is 2. The summed E-state index contributed by atoms with van der Waals surface area (Å²) >= 11 is 5.82. The number of halogens is 1. The highest BCUT2D eigenvalue weighted by atomic mass is 35.5. The van der Waals surface area contributed by atoms with E-state index in [9.17, 15) is 0 Å². The van der Waals surface area contributed by atoms with Crippen molar-refractivity contribution in [3.63, 3.8) is 0 Å². The molecule has 108 valence electrons. The third kappa shape index (κ3) is 3.08. The number of fused-ring (bicyclic) bond motifs is 1. The molecule has 0 aliphatic rings. The number of hydrogen-bond donors (Lipinski definition) is 1. The van der Waals surface area contributed by atoms with Gasteiger partial charge >= 0.3 is 0 Å². The average Bonchev–Trinajstić information content (AvgIpc) is 2.93. The van der Waals surface area contributed by atoms with Crippen molar-refractivity contribution in [1.29, 1.82) is 0 Å². The van der Waals surface area contributed by atoms with Gasteiger partial charge in [-0.15, -0.1) is 0 Å². The predicted octanol–water partition coefficient (Wildman–Crippen LogP) is 3.54. The number of nitrogens with one attached hydrogen (secondary N) is 1. The molecule has 0 unspecified atom stereocenters. The standard InChI is InChI=1S/C15H14ClN3O2/c1-20-12-6-11-3-5-21-13(11)7-10(12)2-4-17-15-8-14(16)18-9-19-15/h3,5-9H,2,4H2,1H3,(H,17,18,19). The highest BCUT2D eigenvalue weighted by Crippen LogP contribution is 2.27. The van der Waals surface area contributed by atoms with Crippen molar-refractivity contribution in [3.8, 4) is 5.75 Å². The van der Waals surface area contributed by atoms with Crippen molar-refractivity contribution in [3.05, 3.63) is 47.6 Å². The van der Waals surface area contributed by atoms with Crippen LogP contribution in [0.5, 0.6) is 5.75 Å². The van der Waals surface area contributed by atoms with Gasteiger partial charge in [0.15, 0.2) is 0 Å². The summed E-state index contributed by atoms with van der Waals surface area (Å²) in [4.78, 5) is 7.94. The van der Waals surface area contributed by atoms with Crippen molar-refractivity contribution < 1.29 is 9.15 Å². The minimum absolute atomic E-state index is 0.419. The van der Waals surface area contributed by atoms with Gasteiger partial charge in [-0.1, -0.05) is 11.6 Å². The number of benzene rings is 1. The molecule has 6 heteroatoms. The van der Waals surface area contributed by atoms with Crippen molar-refractivity contribution in [2.75, 3.05) is 19.0 Å². The molecule has 1 N–H and O–H groups in total. The smallest absolute Gasteiger partial charge is 0.134 e. The predicted molar refractivity (Wildman–Crippen MR) is 82.0 cm³/mol. The van der Waals surface area contributed by atoms with Gasteiger partial charge in [-0.2, -0.15) is 0 Å². The fraction of sp³-hybridized carbons (Fsp3) is 0.200. The van der Waals surface area contributed by atoms with Gasteiger partial charge in [0.25, 0.3) is 0 Å². The molecule has 0 saturated heterocycles. The molecule has 1 aromatic carbocycles. The van der Waals surface area contributed by atoms with E-state index in [1.54, 1.807) is 19.4 Å². The molecule has 0 atom stereocenters. The second-order valence-corrected chi connectivity index (χ2v) is 4.91. The summed E-state index contributed by atoms with van der Waals surface area (Å²) < 4.78 is 10.9. The lowest BCUT2D eigenvalue weighted by Gasteiger charge is -2.10. The molecule has 0 saturated carbocycles. The molecule has 0 aliphatic carbocycles. The molecule has 0 spiro atoms. The van der Waals surface area contributed by atoms with Crippen molar-refractivity contribution in [2.24, 2.45) is 0 Å². The lowest BCUT2D eigenvalue weighted by Crippen LogP contribution is -2.07. The van der Waals surface area contributed by atoms with Crippen LogP contribution in [0.2, 0.25) is 5.15 Å². The van der Waals surface area contributed by atoms with Crippen LogP contribution >= 0.6 is 11.6 Å². The molecule has 5 nitrogen and oxygen atoms in total. The third-order valence-electron chi connectivity index (χ3n) is 3.19. The maximum Gasteiger partial charge on any atom is 0.134 e. The normalized spacial score (nSPS) is 10.8. The SMILES string of the molecule is COc1cc2ccoc2cc1CCNc1cc(Cl)ncn1. The lowest BCUT2D eigenvalue weighted by atomic mass is 10.1. The fourth-order valence-corrected chi connectivity index (χ4v) is 2.32. The number of ether oxygens (including phenoxy) is 1. The van der Waals surface area contributed by atoms with E-state index < -0.39 is 0 Å². The lowest BCUT2D eigenvalue weighted by molar-refractivity contribution is 0.410. The molecule has 0 amide bonds. The monoisotopic (exact) mass is 303 g/mol. The van der Waals surface area contributed by atoms with Crippen molar-refractivity contribution in [2.45, 2.75) is 6.42 Å². The van der Waals surface area contributed by atoms with Crippen LogP contribution in [0.15, 0.2) is 41.3 Å². The molecule has 0 aliphatic heterocycles. The van der Waals surface area contributed by atoms with E-state index in [0.29, 0.717) is 17.5 Å². The van der Waals surface area contributed by atoms with Gasteiger partial charge in [-0.3, -0.25) is 0 Å². The van der Waals surface area contributed by atoms with Crippen LogP contribution in [0.3, 0.4) is 0 Å². The van der Waals surface area contributed by atoms with E-state index in [4.69, 9.17) is 20.8 Å².